The highest BCUT2D eigenvalue weighted by Gasteiger charge is 2.21. The Morgan fingerprint density at radius 2 is 2.06 bits per heavy atom. The number of anilines is 3. The third-order valence-corrected chi connectivity index (χ3v) is 7.32. The average molecular weight is 468 g/mol. The van der Waals surface area contributed by atoms with Crippen molar-refractivity contribution in [2.75, 3.05) is 34.4 Å². The molecule has 5 rings (SSSR count). The highest BCUT2D eigenvalue weighted by Crippen LogP contribution is 2.38. The van der Waals surface area contributed by atoms with Gasteiger partial charge in [0, 0.05) is 35.5 Å². The maximum atomic E-state index is 15.3. The summed E-state index contributed by atoms with van der Waals surface area (Å²) in [6, 6.07) is 3.42. The molecule has 0 atom stereocenters. The molecule has 7 nitrogen and oxygen atoms in total. The molecule has 3 aromatic rings. The van der Waals surface area contributed by atoms with Crippen molar-refractivity contribution in [3.05, 3.63) is 41.6 Å². The van der Waals surface area contributed by atoms with Crippen molar-refractivity contribution < 1.29 is 13.9 Å². The molecular weight excluding hydrogens is 441 g/mol. The van der Waals surface area contributed by atoms with Gasteiger partial charge in [-0.15, -0.1) is 0 Å². The zero-order valence-electron chi connectivity index (χ0n) is 18.4. The number of benzene rings is 1. The number of pyridine rings is 2. The standard InChI is InChI=1S/C24H26FN5O2S/c1-13-17(11-28-19-3-2-6-27-23(13)19)16-9-14-10-20(29-12-18(14)22(26)21(16)25)30-24(31)32-15-4-7-33-8-5-15/h9-12,15,27H,2-8,26H2,1H3,(H,29,30,31). The van der Waals surface area contributed by atoms with E-state index in [1.807, 2.05) is 18.7 Å². The number of fused-ring (bicyclic) bond motifs is 2. The first-order valence-electron chi connectivity index (χ1n) is 11.2. The van der Waals surface area contributed by atoms with E-state index in [0.717, 1.165) is 60.7 Å². The van der Waals surface area contributed by atoms with Crippen molar-refractivity contribution in [1.29, 1.82) is 0 Å². The number of nitrogen functional groups attached to an aromatic ring is 1. The molecule has 1 fully saturated rings. The molecule has 0 aliphatic carbocycles. The van der Waals surface area contributed by atoms with E-state index in [1.165, 1.54) is 6.20 Å². The first-order chi connectivity index (χ1) is 16.0. The van der Waals surface area contributed by atoms with Crippen LogP contribution < -0.4 is 16.4 Å². The monoisotopic (exact) mass is 467 g/mol. The van der Waals surface area contributed by atoms with Crippen LogP contribution in [0.25, 0.3) is 21.9 Å². The van der Waals surface area contributed by atoms with Gasteiger partial charge in [0.2, 0.25) is 0 Å². The second kappa shape index (κ2) is 9.05. The van der Waals surface area contributed by atoms with Crippen molar-refractivity contribution >= 4 is 45.8 Å². The summed E-state index contributed by atoms with van der Waals surface area (Å²) >= 11 is 1.87. The van der Waals surface area contributed by atoms with Crippen LogP contribution in [0.3, 0.4) is 0 Å². The predicted molar refractivity (Wildman–Crippen MR) is 131 cm³/mol. The van der Waals surface area contributed by atoms with E-state index < -0.39 is 11.9 Å². The summed E-state index contributed by atoms with van der Waals surface area (Å²) in [7, 11) is 0. The minimum atomic E-state index is -0.533. The quantitative estimate of drug-likeness (QED) is 0.459. The molecule has 0 unspecified atom stereocenters. The minimum Gasteiger partial charge on any atom is -0.446 e. The van der Waals surface area contributed by atoms with Crippen LogP contribution in [0.2, 0.25) is 0 Å². The van der Waals surface area contributed by atoms with Gasteiger partial charge in [-0.05, 0) is 67.2 Å². The lowest BCUT2D eigenvalue weighted by Gasteiger charge is -2.22. The van der Waals surface area contributed by atoms with E-state index in [4.69, 9.17) is 10.5 Å². The molecule has 0 spiro atoms. The molecule has 1 saturated heterocycles. The number of thioether (sulfide) groups is 1. The zero-order chi connectivity index (χ0) is 22.9. The van der Waals surface area contributed by atoms with Gasteiger partial charge < -0.3 is 15.8 Å². The molecule has 0 saturated carbocycles. The Morgan fingerprint density at radius 1 is 1.24 bits per heavy atom. The van der Waals surface area contributed by atoms with Gasteiger partial charge in [0.25, 0.3) is 0 Å². The molecule has 2 aliphatic rings. The number of aromatic nitrogens is 2. The summed E-state index contributed by atoms with van der Waals surface area (Å²) in [5.41, 5.74) is 10.2. The van der Waals surface area contributed by atoms with Gasteiger partial charge in [0.15, 0.2) is 5.82 Å². The van der Waals surface area contributed by atoms with E-state index in [9.17, 15) is 4.79 Å². The molecule has 172 valence electrons. The number of ether oxygens (including phenoxy) is 1. The summed E-state index contributed by atoms with van der Waals surface area (Å²) in [5, 5.41) is 7.24. The third-order valence-electron chi connectivity index (χ3n) is 6.27. The summed E-state index contributed by atoms with van der Waals surface area (Å²) < 4.78 is 20.8. The fourth-order valence-corrected chi connectivity index (χ4v) is 5.52. The second-order valence-electron chi connectivity index (χ2n) is 8.43. The van der Waals surface area contributed by atoms with Gasteiger partial charge in [-0.25, -0.2) is 14.2 Å². The van der Waals surface area contributed by atoms with Crippen molar-refractivity contribution in [2.45, 2.75) is 38.7 Å². The molecule has 9 heteroatoms. The van der Waals surface area contributed by atoms with Crippen molar-refractivity contribution in [1.82, 2.24) is 9.97 Å². The van der Waals surface area contributed by atoms with E-state index >= 15 is 4.39 Å². The number of nitrogens with one attached hydrogen (secondary N) is 2. The number of carbonyl (C=O) groups excluding carboxylic acids is 1. The predicted octanol–water partition coefficient (Wildman–Crippen LogP) is 5.13. The topological polar surface area (TPSA) is 102 Å². The Hall–Kier alpha value is -3.07. The van der Waals surface area contributed by atoms with Gasteiger partial charge in [0.1, 0.15) is 11.9 Å². The van der Waals surface area contributed by atoms with Gasteiger partial charge in [-0.2, -0.15) is 11.8 Å². The van der Waals surface area contributed by atoms with E-state index in [-0.39, 0.29) is 11.8 Å². The van der Waals surface area contributed by atoms with Gasteiger partial charge in [-0.1, -0.05) is 0 Å². The lowest BCUT2D eigenvalue weighted by atomic mass is 9.95. The molecule has 2 aromatic heterocycles. The Morgan fingerprint density at radius 3 is 2.88 bits per heavy atom. The van der Waals surface area contributed by atoms with Gasteiger partial charge in [-0.3, -0.25) is 10.3 Å². The molecular formula is C24H26FN5O2S. The number of hydrogen-bond acceptors (Lipinski definition) is 7. The Labute approximate surface area is 195 Å². The van der Waals surface area contributed by atoms with E-state index in [2.05, 4.69) is 20.6 Å². The summed E-state index contributed by atoms with van der Waals surface area (Å²) in [5.74, 6) is 1.82. The molecule has 4 N–H and O–H groups in total. The van der Waals surface area contributed by atoms with Crippen molar-refractivity contribution in [2.24, 2.45) is 0 Å². The Balaban J connectivity index is 1.47. The van der Waals surface area contributed by atoms with Crippen LogP contribution in [0.4, 0.5) is 26.4 Å². The largest absolute Gasteiger partial charge is 0.446 e. The number of halogens is 1. The molecule has 2 aliphatic heterocycles. The fraction of sp³-hybridized carbons (Fsp3) is 0.375. The number of aryl methyl sites for hydroxylation is 1. The average Bonchev–Trinajstić information content (AvgIpc) is 2.82. The number of nitrogens with two attached hydrogens (primary N) is 1. The Kier molecular flexibility index (Phi) is 5.97. The van der Waals surface area contributed by atoms with Crippen LogP contribution in [0.5, 0.6) is 0 Å². The van der Waals surface area contributed by atoms with Crippen LogP contribution in [0, 0.1) is 12.7 Å². The summed E-state index contributed by atoms with van der Waals surface area (Å²) in [6.45, 7) is 2.84. The van der Waals surface area contributed by atoms with Crippen LogP contribution in [0.1, 0.15) is 30.5 Å². The maximum absolute atomic E-state index is 15.3. The number of nitrogens with zero attached hydrogens (tertiary/aromatic N) is 2. The van der Waals surface area contributed by atoms with E-state index in [1.54, 1.807) is 18.3 Å². The smallest absolute Gasteiger partial charge is 0.413 e. The lowest BCUT2D eigenvalue weighted by molar-refractivity contribution is 0.105. The Bertz CT molecular complexity index is 1230. The zero-order valence-corrected chi connectivity index (χ0v) is 19.2. The number of hydrogen-bond donors (Lipinski definition) is 3. The van der Waals surface area contributed by atoms with Crippen LogP contribution in [-0.4, -0.2) is 40.2 Å². The summed E-state index contributed by atoms with van der Waals surface area (Å²) in [6.07, 6.45) is 6.22. The SMILES string of the molecule is Cc1c(-c2cc3cc(NC(=O)OC4CCSCC4)ncc3c(N)c2F)cnc2c1NCCC2. The van der Waals surface area contributed by atoms with Crippen LogP contribution in [-0.2, 0) is 11.2 Å². The maximum Gasteiger partial charge on any atom is 0.413 e. The van der Waals surface area contributed by atoms with Gasteiger partial charge in [0.05, 0.1) is 17.1 Å². The number of carbonyl (C=O) groups is 1. The van der Waals surface area contributed by atoms with Crippen LogP contribution >= 0.6 is 11.8 Å². The van der Waals surface area contributed by atoms with Gasteiger partial charge >= 0.3 is 6.09 Å². The third kappa shape index (κ3) is 4.29. The molecule has 1 aromatic carbocycles. The fourth-order valence-electron chi connectivity index (χ4n) is 4.46. The first kappa shape index (κ1) is 21.8. The van der Waals surface area contributed by atoms with Crippen molar-refractivity contribution in [3.63, 3.8) is 0 Å². The second-order valence-corrected chi connectivity index (χ2v) is 9.66. The molecule has 0 bridgehead atoms. The lowest BCUT2D eigenvalue weighted by Crippen LogP contribution is -2.26. The van der Waals surface area contributed by atoms with E-state index in [0.29, 0.717) is 27.7 Å². The molecule has 4 heterocycles. The molecule has 1 amide bonds. The summed E-state index contributed by atoms with van der Waals surface area (Å²) in [4.78, 5) is 21.1. The number of rotatable bonds is 3. The highest BCUT2D eigenvalue weighted by atomic mass is 32.2. The minimum absolute atomic E-state index is 0.0221. The van der Waals surface area contributed by atoms with Crippen LogP contribution in [0.15, 0.2) is 24.5 Å². The number of amides is 1. The first-order valence-corrected chi connectivity index (χ1v) is 12.3. The normalized spacial score (nSPS) is 16.2. The van der Waals surface area contributed by atoms with Crippen molar-refractivity contribution in [3.8, 4) is 11.1 Å². The molecule has 0 radical (unpaired) electrons. The highest BCUT2D eigenvalue weighted by molar-refractivity contribution is 7.99. The molecule has 33 heavy (non-hydrogen) atoms.